The van der Waals surface area contributed by atoms with E-state index in [0.717, 1.165) is 5.56 Å². The number of sulfonamides is 1. The van der Waals surface area contributed by atoms with Gasteiger partial charge in [-0.25, -0.2) is 8.42 Å². The van der Waals surface area contributed by atoms with Crippen molar-refractivity contribution in [1.29, 1.82) is 0 Å². The van der Waals surface area contributed by atoms with Crippen LogP contribution in [0.25, 0.3) is 0 Å². The standard InChI is InChI=1S/C19H21ClN2O4S2/c20-18-8-7-17(27-18)16(23)6-9-19(24)21-10-12-22(13-11-21)28(25,26)14-15-4-2-1-3-5-15/h1-5,7-8H,6,9-14H2. The van der Waals surface area contributed by atoms with Crippen molar-refractivity contribution in [3.63, 3.8) is 0 Å². The minimum atomic E-state index is -3.41. The lowest BCUT2D eigenvalue weighted by Crippen LogP contribution is -2.50. The second kappa shape index (κ2) is 9.17. The van der Waals surface area contributed by atoms with E-state index in [0.29, 0.717) is 22.3 Å². The molecule has 1 aliphatic rings. The molecule has 0 spiro atoms. The number of ketones is 1. The minimum absolute atomic E-state index is 0.0420. The highest BCUT2D eigenvalue weighted by atomic mass is 35.5. The van der Waals surface area contributed by atoms with E-state index in [9.17, 15) is 18.0 Å². The number of hydrogen-bond donors (Lipinski definition) is 0. The summed E-state index contributed by atoms with van der Waals surface area (Å²) >= 11 is 7.03. The molecule has 9 heteroatoms. The zero-order chi connectivity index (χ0) is 20.1. The summed E-state index contributed by atoms with van der Waals surface area (Å²) in [5.74, 6) is -0.273. The largest absolute Gasteiger partial charge is 0.340 e. The first-order valence-corrected chi connectivity index (χ1v) is 11.7. The lowest BCUT2D eigenvalue weighted by Gasteiger charge is -2.34. The zero-order valence-corrected chi connectivity index (χ0v) is 17.6. The van der Waals surface area contributed by atoms with Crippen molar-refractivity contribution in [3.8, 4) is 0 Å². The highest BCUT2D eigenvalue weighted by molar-refractivity contribution is 7.88. The van der Waals surface area contributed by atoms with Gasteiger partial charge in [0.05, 0.1) is 15.0 Å². The van der Waals surface area contributed by atoms with E-state index in [1.807, 2.05) is 18.2 Å². The Bertz CT molecular complexity index is 936. The van der Waals surface area contributed by atoms with E-state index in [1.165, 1.54) is 15.6 Å². The van der Waals surface area contributed by atoms with Gasteiger partial charge >= 0.3 is 0 Å². The molecular weight excluding hydrogens is 420 g/mol. The Morgan fingerprint density at radius 1 is 0.964 bits per heavy atom. The fourth-order valence-electron chi connectivity index (χ4n) is 3.06. The van der Waals surface area contributed by atoms with E-state index in [1.54, 1.807) is 29.2 Å². The molecule has 0 saturated carbocycles. The molecule has 0 bridgehead atoms. The van der Waals surface area contributed by atoms with E-state index in [2.05, 4.69) is 0 Å². The van der Waals surface area contributed by atoms with Gasteiger partial charge in [-0.3, -0.25) is 9.59 Å². The van der Waals surface area contributed by atoms with Crippen molar-refractivity contribution < 1.29 is 18.0 Å². The third kappa shape index (κ3) is 5.41. The number of amides is 1. The van der Waals surface area contributed by atoms with Gasteiger partial charge in [0.15, 0.2) is 5.78 Å². The van der Waals surface area contributed by atoms with Gasteiger partial charge in [0.2, 0.25) is 15.9 Å². The van der Waals surface area contributed by atoms with Crippen LogP contribution < -0.4 is 0 Å². The van der Waals surface area contributed by atoms with Crippen LogP contribution in [0.4, 0.5) is 0 Å². The number of hydrogen-bond acceptors (Lipinski definition) is 5. The fourth-order valence-corrected chi connectivity index (χ4v) is 5.58. The first kappa shape index (κ1) is 21.0. The van der Waals surface area contributed by atoms with Crippen LogP contribution >= 0.6 is 22.9 Å². The normalized spacial score (nSPS) is 15.5. The molecule has 1 aromatic heterocycles. The molecule has 2 heterocycles. The third-order valence-corrected chi connectivity index (χ3v) is 7.71. The van der Waals surface area contributed by atoms with Crippen LogP contribution in [0.2, 0.25) is 4.34 Å². The molecule has 150 valence electrons. The predicted molar refractivity (Wildman–Crippen MR) is 110 cm³/mol. The Morgan fingerprint density at radius 2 is 1.64 bits per heavy atom. The van der Waals surface area contributed by atoms with Gasteiger partial charge in [0, 0.05) is 39.0 Å². The quantitative estimate of drug-likeness (QED) is 0.620. The lowest BCUT2D eigenvalue weighted by atomic mass is 10.1. The van der Waals surface area contributed by atoms with E-state index >= 15 is 0 Å². The molecule has 0 aliphatic carbocycles. The fraction of sp³-hybridized carbons (Fsp3) is 0.368. The van der Waals surface area contributed by atoms with Gasteiger partial charge in [-0.2, -0.15) is 4.31 Å². The van der Waals surface area contributed by atoms with Crippen LogP contribution in [-0.4, -0.2) is 55.5 Å². The van der Waals surface area contributed by atoms with Gasteiger partial charge < -0.3 is 4.90 Å². The SMILES string of the molecule is O=C(CCC(=O)N1CCN(S(=O)(=O)Cc2ccccc2)CC1)c1ccc(Cl)s1. The number of Topliss-reactive ketones (excluding diaryl/α,β-unsaturated/α-hetero) is 1. The molecule has 1 aliphatic heterocycles. The van der Waals surface area contributed by atoms with Crippen molar-refractivity contribution in [2.24, 2.45) is 0 Å². The number of rotatable bonds is 7. The van der Waals surface area contributed by atoms with Gasteiger partial charge in [0.25, 0.3) is 0 Å². The molecule has 6 nitrogen and oxygen atoms in total. The maximum Gasteiger partial charge on any atom is 0.223 e. The van der Waals surface area contributed by atoms with Crippen molar-refractivity contribution >= 4 is 44.7 Å². The Hall–Kier alpha value is -1.74. The summed E-state index contributed by atoms with van der Waals surface area (Å²) in [5.41, 5.74) is 0.744. The van der Waals surface area contributed by atoms with Crippen LogP contribution in [0.1, 0.15) is 28.1 Å². The summed E-state index contributed by atoms with van der Waals surface area (Å²) in [6, 6.07) is 12.4. The van der Waals surface area contributed by atoms with E-state index < -0.39 is 10.0 Å². The molecule has 0 atom stereocenters. The first-order valence-electron chi connectivity index (χ1n) is 8.93. The molecule has 0 radical (unpaired) electrons. The van der Waals surface area contributed by atoms with Crippen molar-refractivity contribution in [2.75, 3.05) is 26.2 Å². The van der Waals surface area contributed by atoms with E-state index in [4.69, 9.17) is 11.6 Å². The van der Waals surface area contributed by atoms with Crippen LogP contribution in [0.15, 0.2) is 42.5 Å². The number of halogens is 1. The molecule has 2 aromatic rings. The molecule has 1 fully saturated rings. The molecule has 1 aromatic carbocycles. The molecule has 28 heavy (non-hydrogen) atoms. The zero-order valence-electron chi connectivity index (χ0n) is 15.2. The second-order valence-electron chi connectivity index (χ2n) is 6.55. The van der Waals surface area contributed by atoms with Crippen LogP contribution in [0, 0.1) is 0 Å². The summed E-state index contributed by atoms with van der Waals surface area (Å²) < 4.78 is 27.1. The number of nitrogens with zero attached hydrogens (tertiary/aromatic N) is 2. The van der Waals surface area contributed by atoms with Crippen molar-refractivity contribution in [2.45, 2.75) is 18.6 Å². The lowest BCUT2D eigenvalue weighted by molar-refractivity contribution is -0.132. The van der Waals surface area contributed by atoms with Gasteiger partial charge in [-0.15, -0.1) is 11.3 Å². The summed E-state index contributed by atoms with van der Waals surface area (Å²) in [7, 11) is -3.41. The Labute approximate surface area is 173 Å². The third-order valence-electron chi connectivity index (χ3n) is 4.59. The minimum Gasteiger partial charge on any atom is -0.340 e. The molecule has 1 saturated heterocycles. The number of carbonyl (C=O) groups excluding carboxylic acids is 2. The Kier molecular flexibility index (Phi) is 6.87. The second-order valence-corrected chi connectivity index (χ2v) is 10.2. The number of thiophene rings is 1. The first-order chi connectivity index (χ1) is 13.3. The van der Waals surface area contributed by atoms with Crippen molar-refractivity contribution in [3.05, 3.63) is 57.2 Å². The summed E-state index contributed by atoms with van der Waals surface area (Å²) in [6.07, 6.45) is 0.243. The van der Waals surface area contributed by atoms with E-state index in [-0.39, 0.29) is 43.4 Å². The van der Waals surface area contributed by atoms with Gasteiger partial charge in [-0.1, -0.05) is 41.9 Å². The van der Waals surface area contributed by atoms with Crippen LogP contribution in [0.3, 0.4) is 0 Å². The van der Waals surface area contributed by atoms with Gasteiger partial charge in [0.1, 0.15) is 0 Å². The Balaban J connectivity index is 1.47. The highest BCUT2D eigenvalue weighted by Crippen LogP contribution is 2.23. The average Bonchev–Trinajstić information content (AvgIpc) is 3.13. The number of benzene rings is 1. The average molecular weight is 441 g/mol. The molecular formula is C19H21ClN2O4S2. The topological polar surface area (TPSA) is 74.8 Å². The van der Waals surface area contributed by atoms with Gasteiger partial charge in [-0.05, 0) is 17.7 Å². The number of piperazine rings is 1. The summed E-state index contributed by atoms with van der Waals surface area (Å²) in [5, 5.41) is 0. The summed E-state index contributed by atoms with van der Waals surface area (Å²) in [4.78, 5) is 26.6. The van der Waals surface area contributed by atoms with Crippen molar-refractivity contribution in [1.82, 2.24) is 9.21 Å². The Morgan fingerprint density at radius 3 is 2.25 bits per heavy atom. The smallest absolute Gasteiger partial charge is 0.223 e. The number of carbonyl (C=O) groups is 2. The predicted octanol–water partition coefficient (Wildman–Crippen LogP) is 3.04. The summed E-state index contributed by atoms with van der Waals surface area (Å²) in [6.45, 7) is 1.22. The molecule has 1 amide bonds. The molecule has 0 N–H and O–H groups in total. The molecule has 3 rings (SSSR count). The highest BCUT2D eigenvalue weighted by Gasteiger charge is 2.29. The van der Waals surface area contributed by atoms with Crippen LogP contribution in [-0.2, 0) is 20.6 Å². The maximum atomic E-state index is 12.6. The maximum absolute atomic E-state index is 12.6. The van der Waals surface area contributed by atoms with Crippen LogP contribution in [0.5, 0.6) is 0 Å². The monoisotopic (exact) mass is 440 g/mol. The molecule has 0 unspecified atom stereocenters.